The number of halogens is 1. The fourth-order valence-electron chi connectivity index (χ4n) is 1.56. The van der Waals surface area contributed by atoms with Gasteiger partial charge in [-0.25, -0.2) is 0 Å². The molecule has 0 spiro atoms. The quantitative estimate of drug-likeness (QED) is 0.590. The second-order valence-corrected chi connectivity index (χ2v) is 7.00. The molecule has 0 amide bonds. The number of thioether (sulfide) groups is 1. The van der Waals surface area contributed by atoms with Gasteiger partial charge < -0.3 is 5.32 Å². The Morgan fingerprint density at radius 1 is 1.11 bits per heavy atom. The first-order chi connectivity index (χ1) is 8.84. The summed E-state index contributed by atoms with van der Waals surface area (Å²) in [6, 6.07) is 12.8. The lowest BCUT2D eigenvalue weighted by molar-refractivity contribution is 0.725. The predicted octanol–water partition coefficient (Wildman–Crippen LogP) is 4.44. The predicted molar refractivity (Wildman–Crippen MR) is 85.8 cm³/mol. The van der Waals surface area contributed by atoms with Crippen LogP contribution in [0, 0.1) is 0 Å². The van der Waals surface area contributed by atoms with Gasteiger partial charge in [0.05, 0.1) is 0 Å². The highest BCUT2D eigenvalue weighted by Crippen LogP contribution is 2.19. The Morgan fingerprint density at radius 3 is 2.67 bits per heavy atom. The zero-order valence-corrected chi connectivity index (χ0v) is 13.3. The van der Waals surface area contributed by atoms with Gasteiger partial charge in [-0.1, -0.05) is 22.0 Å². The molecular formula is C14H16BrNS2. The summed E-state index contributed by atoms with van der Waals surface area (Å²) in [5.74, 6) is 1.12. The smallest absolute Gasteiger partial charge is 0.0176 e. The molecule has 0 aliphatic carbocycles. The number of hydrogen-bond donors (Lipinski definition) is 1. The van der Waals surface area contributed by atoms with Gasteiger partial charge in [-0.2, -0.15) is 0 Å². The van der Waals surface area contributed by atoms with Crippen LogP contribution in [0.5, 0.6) is 0 Å². The van der Waals surface area contributed by atoms with E-state index in [4.69, 9.17) is 0 Å². The Morgan fingerprint density at radius 2 is 1.94 bits per heavy atom. The minimum absolute atomic E-state index is 1.06. The third-order valence-electron chi connectivity index (χ3n) is 2.49. The molecule has 0 radical (unpaired) electrons. The average Bonchev–Trinajstić information content (AvgIpc) is 2.89. The van der Waals surface area contributed by atoms with Crippen LogP contribution >= 0.6 is 39.0 Å². The molecule has 18 heavy (non-hydrogen) atoms. The summed E-state index contributed by atoms with van der Waals surface area (Å²) in [5.41, 5.74) is 0. The third-order valence-corrected chi connectivity index (χ3v) is 4.97. The second kappa shape index (κ2) is 8.00. The van der Waals surface area contributed by atoms with Gasteiger partial charge in [-0.3, -0.25) is 0 Å². The Balaban J connectivity index is 1.55. The number of rotatable bonds is 7. The van der Waals surface area contributed by atoms with E-state index in [0.717, 1.165) is 29.7 Å². The Labute approximate surface area is 125 Å². The van der Waals surface area contributed by atoms with E-state index < -0.39 is 0 Å². The van der Waals surface area contributed by atoms with Crippen molar-refractivity contribution in [1.82, 2.24) is 5.32 Å². The van der Waals surface area contributed by atoms with Gasteiger partial charge in [0.2, 0.25) is 0 Å². The van der Waals surface area contributed by atoms with E-state index >= 15 is 0 Å². The first kappa shape index (κ1) is 14.1. The second-order valence-electron chi connectivity index (χ2n) is 3.88. The van der Waals surface area contributed by atoms with Gasteiger partial charge in [0.15, 0.2) is 0 Å². The monoisotopic (exact) mass is 341 g/mol. The number of nitrogens with one attached hydrogen (secondary N) is 1. The van der Waals surface area contributed by atoms with E-state index in [2.05, 4.69) is 63.0 Å². The van der Waals surface area contributed by atoms with Crippen LogP contribution in [-0.4, -0.2) is 18.8 Å². The van der Waals surface area contributed by atoms with E-state index in [1.165, 1.54) is 9.77 Å². The molecule has 96 valence electrons. The summed E-state index contributed by atoms with van der Waals surface area (Å²) < 4.78 is 1.14. The van der Waals surface area contributed by atoms with Gasteiger partial charge >= 0.3 is 0 Å². The van der Waals surface area contributed by atoms with Crippen molar-refractivity contribution in [3.8, 4) is 0 Å². The van der Waals surface area contributed by atoms with Crippen LogP contribution in [0.2, 0.25) is 0 Å². The molecule has 0 saturated heterocycles. The van der Waals surface area contributed by atoms with Crippen molar-refractivity contribution in [2.75, 3.05) is 18.8 Å². The molecule has 0 unspecified atom stereocenters. The SMILES string of the molecule is Brc1ccc(SCCNCCc2cccs2)cc1. The summed E-state index contributed by atoms with van der Waals surface area (Å²) in [7, 11) is 0. The van der Waals surface area contributed by atoms with Crippen LogP contribution in [0.3, 0.4) is 0 Å². The molecule has 1 nitrogen and oxygen atoms in total. The van der Waals surface area contributed by atoms with Crippen molar-refractivity contribution < 1.29 is 0 Å². The van der Waals surface area contributed by atoms with Crippen molar-refractivity contribution in [3.05, 3.63) is 51.1 Å². The van der Waals surface area contributed by atoms with Crippen molar-refractivity contribution >= 4 is 39.0 Å². The first-order valence-electron chi connectivity index (χ1n) is 5.96. The largest absolute Gasteiger partial charge is 0.316 e. The van der Waals surface area contributed by atoms with Crippen LogP contribution in [-0.2, 0) is 6.42 Å². The lowest BCUT2D eigenvalue weighted by Gasteiger charge is -2.04. The Kier molecular flexibility index (Phi) is 6.28. The molecule has 2 rings (SSSR count). The Hall–Kier alpha value is -0.290. The maximum Gasteiger partial charge on any atom is 0.0176 e. The van der Waals surface area contributed by atoms with Crippen molar-refractivity contribution in [2.45, 2.75) is 11.3 Å². The molecule has 1 N–H and O–H groups in total. The van der Waals surface area contributed by atoms with Crippen LogP contribution in [0.1, 0.15) is 4.88 Å². The molecule has 2 aromatic rings. The van der Waals surface area contributed by atoms with Crippen LogP contribution < -0.4 is 5.32 Å². The maximum atomic E-state index is 3.48. The van der Waals surface area contributed by atoms with Gasteiger partial charge in [-0.05, 0) is 48.7 Å². The first-order valence-corrected chi connectivity index (χ1v) is 8.62. The van der Waals surface area contributed by atoms with Gasteiger partial charge in [0.1, 0.15) is 0 Å². The zero-order valence-electron chi connectivity index (χ0n) is 10.1. The van der Waals surface area contributed by atoms with Crippen molar-refractivity contribution in [2.24, 2.45) is 0 Å². The van der Waals surface area contributed by atoms with Gasteiger partial charge in [0.25, 0.3) is 0 Å². The fourth-order valence-corrected chi connectivity index (χ4v) is 3.35. The summed E-state index contributed by atoms with van der Waals surface area (Å²) in [4.78, 5) is 2.79. The molecule has 1 aromatic carbocycles. The van der Waals surface area contributed by atoms with Gasteiger partial charge in [-0.15, -0.1) is 23.1 Å². The van der Waals surface area contributed by atoms with E-state index in [0.29, 0.717) is 0 Å². The standard InChI is InChI=1S/C14H16BrNS2/c15-12-3-5-14(6-4-12)18-11-9-16-8-7-13-2-1-10-17-13/h1-6,10,16H,7-9,11H2. The van der Waals surface area contributed by atoms with Crippen LogP contribution in [0.15, 0.2) is 51.1 Å². The molecule has 0 bridgehead atoms. The number of benzene rings is 1. The normalized spacial score (nSPS) is 10.7. The summed E-state index contributed by atoms with van der Waals surface area (Å²) >= 11 is 7.18. The molecule has 1 aromatic heterocycles. The van der Waals surface area contributed by atoms with E-state index in [1.54, 1.807) is 0 Å². The molecule has 0 fully saturated rings. The van der Waals surface area contributed by atoms with Gasteiger partial charge in [0, 0.05) is 26.5 Å². The van der Waals surface area contributed by atoms with Crippen molar-refractivity contribution in [1.29, 1.82) is 0 Å². The minimum atomic E-state index is 1.06. The Bertz CT molecular complexity index is 439. The minimum Gasteiger partial charge on any atom is -0.316 e. The highest BCUT2D eigenvalue weighted by atomic mass is 79.9. The third kappa shape index (κ3) is 5.14. The summed E-state index contributed by atoms with van der Waals surface area (Å²) in [6.07, 6.45) is 1.14. The van der Waals surface area contributed by atoms with Crippen LogP contribution in [0.4, 0.5) is 0 Å². The summed E-state index contributed by atoms with van der Waals surface area (Å²) in [5, 5.41) is 5.62. The van der Waals surface area contributed by atoms with Crippen LogP contribution in [0.25, 0.3) is 0 Å². The van der Waals surface area contributed by atoms with E-state index in [9.17, 15) is 0 Å². The van der Waals surface area contributed by atoms with E-state index in [1.807, 2.05) is 23.1 Å². The zero-order chi connectivity index (χ0) is 12.6. The van der Waals surface area contributed by atoms with E-state index in [-0.39, 0.29) is 0 Å². The molecule has 0 aliphatic heterocycles. The highest BCUT2D eigenvalue weighted by molar-refractivity contribution is 9.10. The molecule has 0 atom stereocenters. The highest BCUT2D eigenvalue weighted by Gasteiger charge is 1.95. The lowest BCUT2D eigenvalue weighted by Crippen LogP contribution is -2.19. The summed E-state index contributed by atoms with van der Waals surface area (Å²) in [6.45, 7) is 2.13. The fraction of sp³-hybridized carbons (Fsp3) is 0.286. The average molecular weight is 342 g/mol. The molecular weight excluding hydrogens is 326 g/mol. The molecule has 4 heteroatoms. The van der Waals surface area contributed by atoms with Crippen molar-refractivity contribution in [3.63, 3.8) is 0 Å². The maximum absolute atomic E-state index is 3.48. The molecule has 0 saturated carbocycles. The number of thiophene rings is 1. The molecule has 0 aliphatic rings. The lowest BCUT2D eigenvalue weighted by atomic mass is 10.3. The molecule has 1 heterocycles. The topological polar surface area (TPSA) is 12.0 Å². The number of hydrogen-bond acceptors (Lipinski definition) is 3.